The normalized spacial score (nSPS) is 10.4. The Bertz CT molecular complexity index is 603. The molecule has 0 bridgehead atoms. The Balaban J connectivity index is 2.27. The van der Waals surface area contributed by atoms with E-state index < -0.39 is 5.91 Å². The molecule has 0 radical (unpaired) electrons. The number of nitrogens with two attached hydrogens (primary N) is 1. The molecule has 0 aliphatic heterocycles. The van der Waals surface area contributed by atoms with Crippen LogP contribution in [0.2, 0.25) is 5.02 Å². The maximum absolute atomic E-state index is 10.7. The molecule has 1 heterocycles. The van der Waals surface area contributed by atoms with E-state index >= 15 is 0 Å². The van der Waals surface area contributed by atoms with Gasteiger partial charge in [-0.1, -0.05) is 23.4 Å². The first-order valence-electron chi connectivity index (χ1n) is 5.18. The van der Waals surface area contributed by atoms with E-state index in [2.05, 4.69) is 10.2 Å². The lowest BCUT2D eigenvalue weighted by molar-refractivity contribution is -0.115. The molecule has 0 atom stereocenters. The number of amides is 1. The Kier molecular flexibility index (Phi) is 4.28. The maximum Gasteiger partial charge on any atom is 0.277 e. The molecule has 2 aromatic rings. The number of hydrogen-bond acceptors (Lipinski definition) is 6. The van der Waals surface area contributed by atoms with E-state index in [1.165, 1.54) is 7.11 Å². The molecule has 0 aliphatic carbocycles. The number of carbonyl (C=O) groups excluding carboxylic acids is 1. The lowest BCUT2D eigenvalue weighted by atomic mass is 10.2. The minimum atomic E-state index is -0.454. The summed E-state index contributed by atoms with van der Waals surface area (Å²) in [5.74, 6) is 0.463. The minimum absolute atomic E-state index is 0.0777. The number of halogens is 1. The average Bonchev–Trinajstić information content (AvgIpc) is 2.85. The number of hydrogen-bond donors (Lipinski definition) is 1. The third-order valence-corrected chi connectivity index (χ3v) is 3.21. The number of rotatable bonds is 5. The van der Waals surface area contributed by atoms with Crippen molar-refractivity contribution < 1.29 is 13.9 Å². The smallest absolute Gasteiger partial charge is 0.277 e. The molecule has 0 saturated carbocycles. The van der Waals surface area contributed by atoms with Crippen LogP contribution in [-0.2, 0) is 4.79 Å². The van der Waals surface area contributed by atoms with E-state index in [1.807, 2.05) is 0 Å². The van der Waals surface area contributed by atoms with Gasteiger partial charge in [0, 0.05) is 5.02 Å². The van der Waals surface area contributed by atoms with Gasteiger partial charge in [-0.05, 0) is 18.2 Å². The van der Waals surface area contributed by atoms with Crippen LogP contribution in [0.5, 0.6) is 5.75 Å². The summed E-state index contributed by atoms with van der Waals surface area (Å²) in [6, 6.07) is 5.07. The van der Waals surface area contributed by atoms with Gasteiger partial charge in [-0.15, -0.1) is 10.2 Å². The number of nitrogens with zero attached hydrogens (tertiary/aromatic N) is 2. The van der Waals surface area contributed by atoms with Crippen molar-refractivity contribution in [2.75, 3.05) is 12.9 Å². The second-order valence-electron chi connectivity index (χ2n) is 3.47. The third-order valence-electron chi connectivity index (χ3n) is 2.14. The topological polar surface area (TPSA) is 91.2 Å². The highest BCUT2D eigenvalue weighted by Crippen LogP contribution is 2.32. The highest BCUT2D eigenvalue weighted by molar-refractivity contribution is 7.99. The van der Waals surface area contributed by atoms with Crippen LogP contribution in [0.3, 0.4) is 0 Å². The predicted molar refractivity (Wildman–Crippen MR) is 71.2 cm³/mol. The molecule has 0 fully saturated rings. The summed E-state index contributed by atoms with van der Waals surface area (Å²) in [6.07, 6.45) is 0. The number of primary amides is 1. The maximum atomic E-state index is 10.7. The summed E-state index contributed by atoms with van der Waals surface area (Å²) in [4.78, 5) is 10.7. The Morgan fingerprint density at radius 3 is 3.00 bits per heavy atom. The van der Waals surface area contributed by atoms with Gasteiger partial charge >= 0.3 is 0 Å². The Labute approximate surface area is 118 Å². The largest absolute Gasteiger partial charge is 0.496 e. The van der Waals surface area contributed by atoms with Crippen molar-refractivity contribution in [1.82, 2.24) is 10.2 Å². The van der Waals surface area contributed by atoms with Gasteiger partial charge in [-0.3, -0.25) is 4.79 Å². The van der Waals surface area contributed by atoms with Crippen LogP contribution in [0.15, 0.2) is 27.8 Å². The SMILES string of the molecule is COc1ccc(Cl)cc1-c1nnc(SCC(N)=O)o1. The first kappa shape index (κ1) is 13.7. The molecule has 1 amide bonds. The van der Waals surface area contributed by atoms with Crippen LogP contribution >= 0.6 is 23.4 Å². The van der Waals surface area contributed by atoms with Gasteiger partial charge in [0.1, 0.15) is 5.75 Å². The molecule has 0 aliphatic rings. The van der Waals surface area contributed by atoms with Gasteiger partial charge in [0.2, 0.25) is 5.91 Å². The zero-order valence-corrected chi connectivity index (χ0v) is 11.5. The van der Waals surface area contributed by atoms with Crippen LogP contribution < -0.4 is 10.5 Å². The summed E-state index contributed by atoms with van der Waals surface area (Å²) in [5.41, 5.74) is 5.63. The van der Waals surface area contributed by atoms with Gasteiger partial charge in [0.25, 0.3) is 11.1 Å². The van der Waals surface area contributed by atoms with Crippen molar-refractivity contribution in [1.29, 1.82) is 0 Å². The zero-order chi connectivity index (χ0) is 13.8. The molecule has 2 N–H and O–H groups in total. The lowest BCUT2D eigenvalue weighted by Gasteiger charge is -2.04. The van der Waals surface area contributed by atoms with E-state index in [1.54, 1.807) is 18.2 Å². The van der Waals surface area contributed by atoms with E-state index in [9.17, 15) is 4.79 Å². The monoisotopic (exact) mass is 299 g/mol. The van der Waals surface area contributed by atoms with Crippen molar-refractivity contribution in [3.63, 3.8) is 0 Å². The molecular formula is C11H10ClN3O3S. The Hall–Kier alpha value is -1.73. The summed E-state index contributed by atoms with van der Waals surface area (Å²) >= 11 is 6.99. The molecule has 0 unspecified atom stereocenters. The Morgan fingerprint density at radius 1 is 1.53 bits per heavy atom. The second-order valence-corrected chi connectivity index (χ2v) is 4.84. The van der Waals surface area contributed by atoms with E-state index in [0.29, 0.717) is 16.3 Å². The van der Waals surface area contributed by atoms with E-state index in [4.69, 9.17) is 26.5 Å². The molecule has 1 aromatic carbocycles. The van der Waals surface area contributed by atoms with Gasteiger partial charge in [0.05, 0.1) is 18.4 Å². The van der Waals surface area contributed by atoms with Gasteiger partial charge in [0.15, 0.2) is 0 Å². The van der Waals surface area contributed by atoms with Crippen LogP contribution in [0.4, 0.5) is 0 Å². The van der Waals surface area contributed by atoms with Crippen LogP contribution in [0.25, 0.3) is 11.5 Å². The molecule has 1 aromatic heterocycles. The first-order valence-corrected chi connectivity index (χ1v) is 6.55. The third kappa shape index (κ3) is 3.39. The van der Waals surface area contributed by atoms with Crippen molar-refractivity contribution in [2.45, 2.75) is 5.22 Å². The van der Waals surface area contributed by atoms with E-state index in [-0.39, 0.29) is 16.9 Å². The van der Waals surface area contributed by atoms with Crippen LogP contribution in [0, 0.1) is 0 Å². The lowest BCUT2D eigenvalue weighted by Crippen LogP contribution is -2.12. The van der Waals surface area contributed by atoms with Crippen molar-refractivity contribution in [3.8, 4) is 17.2 Å². The highest BCUT2D eigenvalue weighted by Gasteiger charge is 2.14. The summed E-state index contributed by atoms with van der Waals surface area (Å²) in [5, 5.41) is 8.48. The number of carbonyl (C=O) groups is 1. The Morgan fingerprint density at radius 2 is 2.32 bits per heavy atom. The fourth-order valence-electron chi connectivity index (χ4n) is 1.36. The fraction of sp³-hybridized carbons (Fsp3) is 0.182. The second kappa shape index (κ2) is 5.94. The summed E-state index contributed by atoms with van der Waals surface area (Å²) in [6.45, 7) is 0. The number of thioether (sulfide) groups is 1. The zero-order valence-electron chi connectivity index (χ0n) is 9.92. The van der Waals surface area contributed by atoms with Crippen molar-refractivity contribution in [3.05, 3.63) is 23.2 Å². The van der Waals surface area contributed by atoms with Crippen LogP contribution in [-0.4, -0.2) is 29.0 Å². The average molecular weight is 300 g/mol. The first-order chi connectivity index (χ1) is 9.10. The number of ether oxygens (including phenoxy) is 1. The fourth-order valence-corrected chi connectivity index (χ4v) is 2.03. The molecule has 19 heavy (non-hydrogen) atoms. The van der Waals surface area contributed by atoms with E-state index in [0.717, 1.165) is 11.8 Å². The molecule has 6 nitrogen and oxygen atoms in total. The highest BCUT2D eigenvalue weighted by atomic mass is 35.5. The summed E-state index contributed by atoms with van der Waals surface area (Å²) in [7, 11) is 1.53. The number of aromatic nitrogens is 2. The molecule has 8 heteroatoms. The van der Waals surface area contributed by atoms with Crippen molar-refractivity contribution >= 4 is 29.3 Å². The minimum Gasteiger partial charge on any atom is -0.496 e. The van der Waals surface area contributed by atoms with Gasteiger partial charge in [-0.25, -0.2) is 0 Å². The standard InChI is InChI=1S/C11H10ClN3O3S/c1-17-8-3-2-6(12)4-7(8)10-14-15-11(18-10)19-5-9(13)16/h2-4H,5H2,1H3,(H2,13,16). The number of benzene rings is 1. The molecular weight excluding hydrogens is 290 g/mol. The van der Waals surface area contributed by atoms with Crippen LogP contribution in [0.1, 0.15) is 0 Å². The summed E-state index contributed by atoms with van der Waals surface area (Å²) < 4.78 is 10.6. The molecule has 2 rings (SSSR count). The number of methoxy groups -OCH3 is 1. The molecule has 0 spiro atoms. The van der Waals surface area contributed by atoms with Gasteiger partial charge < -0.3 is 14.9 Å². The molecule has 100 valence electrons. The molecule has 0 saturated heterocycles. The van der Waals surface area contributed by atoms with Gasteiger partial charge in [-0.2, -0.15) is 0 Å². The predicted octanol–water partition coefficient (Wildman–Crippen LogP) is 1.98. The quantitative estimate of drug-likeness (QED) is 0.849. The van der Waals surface area contributed by atoms with Crippen molar-refractivity contribution in [2.24, 2.45) is 5.73 Å².